The molecule has 222 valence electrons. The average Bonchev–Trinajstić information content (AvgIpc) is 3.38. The fraction of sp³-hybridized carbons (Fsp3) is 0.312. The lowest BCUT2D eigenvalue weighted by molar-refractivity contribution is 0.251. The van der Waals surface area contributed by atoms with Crippen molar-refractivity contribution >= 4 is 60.7 Å². The van der Waals surface area contributed by atoms with Crippen LogP contribution < -0.4 is 9.21 Å². The Morgan fingerprint density at radius 1 is 1.09 bits per heavy atom. The van der Waals surface area contributed by atoms with E-state index >= 15 is 0 Å². The van der Waals surface area contributed by atoms with Gasteiger partial charge in [-0.1, -0.05) is 30.8 Å². The first-order chi connectivity index (χ1) is 20.8. The number of rotatable bonds is 10. The molecule has 0 amide bonds. The molecular weight excluding hydrogens is 597 g/mol. The Balaban J connectivity index is 1.08. The van der Waals surface area contributed by atoms with Crippen molar-refractivity contribution in [3.63, 3.8) is 0 Å². The molecule has 1 aliphatic carbocycles. The second kappa shape index (κ2) is 11.5. The first kappa shape index (κ1) is 28.3. The highest BCUT2D eigenvalue weighted by atomic mass is 32.2. The quantitative estimate of drug-likeness (QED) is 0.185. The summed E-state index contributed by atoms with van der Waals surface area (Å²) in [6.45, 7) is 11.1. The third-order valence-electron chi connectivity index (χ3n) is 8.09. The van der Waals surface area contributed by atoms with Gasteiger partial charge in [0.1, 0.15) is 15.0 Å². The maximum absolute atomic E-state index is 13.7. The highest BCUT2D eigenvalue weighted by Crippen LogP contribution is 2.39. The summed E-state index contributed by atoms with van der Waals surface area (Å²) in [6.07, 6.45) is 4.11. The fourth-order valence-electron chi connectivity index (χ4n) is 5.54. The molecule has 43 heavy (non-hydrogen) atoms. The van der Waals surface area contributed by atoms with E-state index in [1.54, 1.807) is 27.8 Å². The topological polar surface area (TPSA) is 85.4 Å². The third-order valence-corrected chi connectivity index (χ3v) is 12.3. The summed E-state index contributed by atoms with van der Waals surface area (Å²) in [7, 11) is -3.65. The normalized spacial score (nSPS) is 16.2. The van der Waals surface area contributed by atoms with Gasteiger partial charge in [0.05, 0.1) is 22.6 Å². The number of piperazine rings is 1. The molecule has 8 nitrogen and oxygen atoms in total. The van der Waals surface area contributed by atoms with Crippen LogP contribution in [0, 0.1) is 5.92 Å². The number of hydrogen-bond acceptors (Lipinski definition) is 8. The summed E-state index contributed by atoms with van der Waals surface area (Å²) >= 11 is 2.95. The van der Waals surface area contributed by atoms with Gasteiger partial charge in [-0.05, 0) is 67.0 Å². The van der Waals surface area contributed by atoms with Crippen molar-refractivity contribution in [2.45, 2.75) is 30.5 Å². The van der Waals surface area contributed by atoms with Crippen LogP contribution in [-0.2, 0) is 16.6 Å². The number of fused-ring (bicyclic) bond motifs is 1. The Bertz CT molecular complexity index is 1870. The predicted molar refractivity (Wildman–Crippen MR) is 177 cm³/mol. The van der Waals surface area contributed by atoms with Gasteiger partial charge in [0.25, 0.3) is 10.0 Å². The number of thiophene rings is 1. The molecule has 2 aliphatic rings. The van der Waals surface area contributed by atoms with E-state index in [9.17, 15) is 8.42 Å². The van der Waals surface area contributed by atoms with Gasteiger partial charge in [-0.15, -0.1) is 22.7 Å². The second-order valence-electron chi connectivity index (χ2n) is 11.4. The molecule has 7 rings (SSSR count). The number of para-hydroxylation sites is 1. The van der Waals surface area contributed by atoms with E-state index in [0.29, 0.717) is 22.4 Å². The van der Waals surface area contributed by atoms with E-state index in [0.717, 1.165) is 84.3 Å². The minimum atomic E-state index is -3.65. The molecule has 1 aliphatic heterocycles. The molecule has 1 saturated carbocycles. The van der Waals surface area contributed by atoms with Crippen molar-refractivity contribution in [3.8, 4) is 10.7 Å². The second-order valence-corrected chi connectivity index (χ2v) is 15.5. The van der Waals surface area contributed by atoms with Gasteiger partial charge < -0.3 is 9.88 Å². The largest absolute Gasteiger partial charge is 0.354 e. The molecule has 1 saturated heterocycles. The molecule has 1 aromatic carbocycles. The summed E-state index contributed by atoms with van der Waals surface area (Å²) in [5, 5.41) is 3.70. The Labute approximate surface area is 260 Å². The standard InChI is InChI=1S/C32H34N6O2S3/c1-22(2)26-7-4-9-29(34-26)37-15-13-36(14-16-37)21-25-19-33-32(42-25)27-18-24-6-3-8-28(31(24)35-27)38(20-23-11-12-23)43(39,40)30-10-5-17-41-30/h3-10,17-19,23,35H,1,11-16,20-21H2,2H3. The van der Waals surface area contributed by atoms with Crippen molar-refractivity contribution < 1.29 is 8.42 Å². The molecule has 5 heterocycles. The van der Waals surface area contributed by atoms with Crippen LogP contribution >= 0.6 is 22.7 Å². The molecule has 4 aromatic heterocycles. The van der Waals surface area contributed by atoms with Crippen LogP contribution in [0.5, 0.6) is 0 Å². The molecular formula is C32H34N6O2S3. The molecule has 1 N–H and O–H groups in total. The van der Waals surface area contributed by atoms with Crippen LogP contribution in [0.15, 0.2) is 77.0 Å². The van der Waals surface area contributed by atoms with Gasteiger partial charge in [0.15, 0.2) is 0 Å². The number of aromatic nitrogens is 3. The number of allylic oxidation sites excluding steroid dienone is 1. The summed E-state index contributed by atoms with van der Waals surface area (Å²) in [4.78, 5) is 19.1. The van der Waals surface area contributed by atoms with E-state index in [-0.39, 0.29) is 0 Å². The fourth-order valence-corrected chi connectivity index (χ4v) is 9.12. The first-order valence-corrected chi connectivity index (χ1v) is 17.7. The molecule has 0 radical (unpaired) electrons. The maximum atomic E-state index is 13.7. The number of sulfonamides is 1. The van der Waals surface area contributed by atoms with Gasteiger partial charge in [-0.3, -0.25) is 9.21 Å². The average molecular weight is 631 g/mol. The molecule has 5 aromatic rings. The van der Waals surface area contributed by atoms with Gasteiger partial charge in [-0.25, -0.2) is 18.4 Å². The molecule has 0 unspecified atom stereocenters. The predicted octanol–water partition coefficient (Wildman–Crippen LogP) is 6.71. The van der Waals surface area contributed by atoms with Crippen LogP contribution in [0.3, 0.4) is 0 Å². The summed E-state index contributed by atoms with van der Waals surface area (Å²) in [6, 6.07) is 17.6. The Hall–Kier alpha value is -3.51. The Morgan fingerprint density at radius 3 is 2.65 bits per heavy atom. The summed E-state index contributed by atoms with van der Waals surface area (Å²) in [5.41, 5.74) is 4.36. The molecule has 11 heteroatoms. The number of benzene rings is 1. The Morgan fingerprint density at radius 2 is 1.91 bits per heavy atom. The monoisotopic (exact) mass is 630 g/mol. The maximum Gasteiger partial charge on any atom is 0.273 e. The first-order valence-electron chi connectivity index (χ1n) is 14.6. The lowest BCUT2D eigenvalue weighted by atomic mass is 10.2. The zero-order chi connectivity index (χ0) is 29.6. The zero-order valence-corrected chi connectivity index (χ0v) is 26.5. The SMILES string of the molecule is C=C(C)c1cccc(N2CCN(Cc3cnc(-c4cc5cccc(N(CC6CC6)S(=O)(=O)c6cccs6)c5[nH]4)s3)CC2)n1. The van der Waals surface area contributed by atoms with Crippen LogP contribution in [-0.4, -0.2) is 61.0 Å². The molecule has 0 bridgehead atoms. The molecule has 0 atom stereocenters. The molecule has 0 spiro atoms. The van der Waals surface area contributed by atoms with Crippen molar-refractivity contribution in [2.75, 3.05) is 41.9 Å². The van der Waals surface area contributed by atoms with Crippen molar-refractivity contribution in [1.82, 2.24) is 19.9 Å². The van der Waals surface area contributed by atoms with Gasteiger partial charge >= 0.3 is 0 Å². The number of thiazole rings is 1. The summed E-state index contributed by atoms with van der Waals surface area (Å²) in [5.74, 6) is 1.41. The van der Waals surface area contributed by atoms with Crippen molar-refractivity contribution in [2.24, 2.45) is 5.92 Å². The Kier molecular flexibility index (Phi) is 7.58. The van der Waals surface area contributed by atoms with Crippen molar-refractivity contribution in [3.05, 3.63) is 83.3 Å². The van der Waals surface area contributed by atoms with Crippen molar-refractivity contribution in [1.29, 1.82) is 0 Å². The number of nitrogens with one attached hydrogen (secondary N) is 1. The summed E-state index contributed by atoms with van der Waals surface area (Å²) < 4.78 is 29.4. The number of aromatic amines is 1. The number of nitrogens with zero attached hydrogens (tertiary/aromatic N) is 5. The van der Waals surface area contributed by atoms with Gasteiger partial charge in [-0.2, -0.15) is 0 Å². The van der Waals surface area contributed by atoms with E-state index in [4.69, 9.17) is 9.97 Å². The number of hydrogen-bond donors (Lipinski definition) is 1. The minimum Gasteiger partial charge on any atom is -0.354 e. The smallest absolute Gasteiger partial charge is 0.273 e. The lowest BCUT2D eigenvalue weighted by Gasteiger charge is -2.35. The number of H-pyrrole nitrogens is 1. The highest BCUT2D eigenvalue weighted by molar-refractivity contribution is 7.94. The van der Waals surface area contributed by atoms with E-state index in [1.807, 2.05) is 42.8 Å². The van der Waals surface area contributed by atoms with Crippen LogP contribution in [0.25, 0.3) is 27.2 Å². The third kappa shape index (κ3) is 5.86. The lowest BCUT2D eigenvalue weighted by Crippen LogP contribution is -2.46. The van der Waals surface area contributed by atoms with E-state index in [1.165, 1.54) is 16.2 Å². The van der Waals surface area contributed by atoms with Gasteiger partial charge in [0.2, 0.25) is 0 Å². The van der Waals surface area contributed by atoms with Crippen LogP contribution in [0.2, 0.25) is 0 Å². The molecule has 2 fully saturated rings. The van der Waals surface area contributed by atoms with Gasteiger partial charge in [0, 0.05) is 55.7 Å². The number of anilines is 2. The van der Waals surface area contributed by atoms with Crippen LogP contribution in [0.1, 0.15) is 30.3 Å². The number of pyridine rings is 1. The van der Waals surface area contributed by atoms with Crippen LogP contribution in [0.4, 0.5) is 11.5 Å². The highest BCUT2D eigenvalue weighted by Gasteiger charge is 2.34. The minimum absolute atomic E-state index is 0.374. The zero-order valence-electron chi connectivity index (χ0n) is 24.1. The van der Waals surface area contributed by atoms with E-state index in [2.05, 4.69) is 39.6 Å². The van der Waals surface area contributed by atoms with E-state index < -0.39 is 10.0 Å².